The van der Waals surface area contributed by atoms with Crippen LogP contribution < -0.4 is 9.47 Å². The molecule has 0 amide bonds. The van der Waals surface area contributed by atoms with Gasteiger partial charge < -0.3 is 14.6 Å². The molecule has 0 aliphatic heterocycles. The molecule has 7 nitrogen and oxygen atoms in total. The van der Waals surface area contributed by atoms with Gasteiger partial charge in [0, 0.05) is 11.1 Å². The lowest BCUT2D eigenvalue weighted by molar-refractivity contribution is 0.242. The third kappa shape index (κ3) is 4.17. The van der Waals surface area contributed by atoms with Crippen molar-refractivity contribution in [2.75, 3.05) is 7.11 Å². The largest absolute Gasteiger partial charge is 0.504 e. The Balaban J connectivity index is 1.98. The second kappa shape index (κ2) is 8.05. The van der Waals surface area contributed by atoms with E-state index in [2.05, 4.69) is 15.3 Å². The molecular formula is C19H20N4O3S. The number of nitrogens with one attached hydrogen (secondary N) is 1. The Hall–Kier alpha value is -3.13. The van der Waals surface area contributed by atoms with E-state index < -0.39 is 0 Å². The lowest BCUT2D eigenvalue weighted by Gasteiger charge is -2.10. The van der Waals surface area contributed by atoms with E-state index in [1.54, 1.807) is 18.2 Å². The van der Waals surface area contributed by atoms with E-state index in [0.717, 1.165) is 11.3 Å². The van der Waals surface area contributed by atoms with Crippen LogP contribution in [0.25, 0.3) is 11.4 Å². The molecule has 0 radical (unpaired) electrons. The molecule has 0 bridgehead atoms. The number of nitrogens with zero attached hydrogens (tertiary/aromatic N) is 3. The highest BCUT2D eigenvalue weighted by Crippen LogP contribution is 2.28. The maximum atomic E-state index is 10.2. The van der Waals surface area contributed by atoms with Gasteiger partial charge in [-0.15, -0.1) is 0 Å². The third-order valence-corrected chi connectivity index (χ3v) is 3.94. The highest BCUT2D eigenvalue weighted by Gasteiger charge is 2.11. The molecule has 0 saturated heterocycles. The SMILES string of the molecule is COc1cccc(/C=N\n2c(-c3cccc(OC(C)C)c3)n[nH]c2=S)c1O. The van der Waals surface area contributed by atoms with Crippen molar-refractivity contribution in [3.05, 3.63) is 52.8 Å². The quantitative estimate of drug-likeness (QED) is 0.496. The highest BCUT2D eigenvalue weighted by atomic mass is 32.1. The number of aromatic hydroxyl groups is 1. The van der Waals surface area contributed by atoms with Crippen molar-refractivity contribution >= 4 is 18.4 Å². The average Bonchev–Trinajstić information content (AvgIpc) is 3.01. The molecule has 0 saturated carbocycles. The summed E-state index contributed by atoms with van der Waals surface area (Å²) in [6.07, 6.45) is 1.57. The fraction of sp³-hybridized carbons (Fsp3) is 0.211. The number of aromatic amines is 1. The summed E-state index contributed by atoms with van der Waals surface area (Å²) in [4.78, 5) is 0. The van der Waals surface area contributed by atoms with Gasteiger partial charge in [0.15, 0.2) is 17.3 Å². The zero-order valence-electron chi connectivity index (χ0n) is 15.2. The molecule has 0 spiro atoms. The first kappa shape index (κ1) is 18.7. The van der Waals surface area contributed by atoms with Crippen molar-refractivity contribution < 1.29 is 14.6 Å². The topological polar surface area (TPSA) is 84.7 Å². The van der Waals surface area contributed by atoms with E-state index in [-0.39, 0.29) is 11.9 Å². The van der Waals surface area contributed by atoms with Gasteiger partial charge in [0.2, 0.25) is 4.77 Å². The molecule has 8 heteroatoms. The minimum Gasteiger partial charge on any atom is -0.504 e. The Bertz CT molecular complexity index is 1020. The molecule has 0 aliphatic carbocycles. The highest BCUT2D eigenvalue weighted by molar-refractivity contribution is 7.71. The molecule has 0 fully saturated rings. The fourth-order valence-electron chi connectivity index (χ4n) is 2.49. The van der Waals surface area contributed by atoms with Crippen LogP contribution in [0.2, 0.25) is 0 Å². The second-order valence-electron chi connectivity index (χ2n) is 6.00. The molecule has 140 valence electrons. The van der Waals surface area contributed by atoms with Crippen LogP contribution in [0, 0.1) is 4.77 Å². The lowest BCUT2D eigenvalue weighted by atomic mass is 10.2. The number of phenols is 1. The van der Waals surface area contributed by atoms with Crippen LogP contribution >= 0.6 is 12.2 Å². The summed E-state index contributed by atoms with van der Waals surface area (Å²) in [5, 5.41) is 21.6. The van der Waals surface area contributed by atoms with E-state index in [1.165, 1.54) is 18.0 Å². The van der Waals surface area contributed by atoms with Crippen LogP contribution in [0.15, 0.2) is 47.6 Å². The Morgan fingerprint density at radius 2 is 2.04 bits per heavy atom. The van der Waals surface area contributed by atoms with Crippen molar-refractivity contribution in [1.82, 2.24) is 14.9 Å². The average molecular weight is 384 g/mol. The number of para-hydroxylation sites is 1. The minimum atomic E-state index is 0.00708. The summed E-state index contributed by atoms with van der Waals surface area (Å²) in [7, 11) is 1.49. The molecule has 27 heavy (non-hydrogen) atoms. The zero-order chi connectivity index (χ0) is 19.4. The first-order chi connectivity index (χ1) is 13.0. The van der Waals surface area contributed by atoms with Gasteiger partial charge in [-0.3, -0.25) is 0 Å². The number of hydrogen-bond donors (Lipinski definition) is 2. The second-order valence-corrected chi connectivity index (χ2v) is 6.39. The summed E-state index contributed by atoms with van der Waals surface area (Å²) in [5.41, 5.74) is 1.30. The Labute approximate surface area is 161 Å². The monoisotopic (exact) mass is 384 g/mol. The predicted molar refractivity (Wildman–Crippen MR) is 106 cm³/mol. The number of methoxy groups -OCH3 is 1. The zero-order valence-corrected chi connectivity index (χ0v) is 16.0. The van der Waals surface area contributed by atoms with Crippen molar-refractivity contribution in [2.24, 2.45) is 5.10 Å². The predicted octanol–water partition coefficient (Wildman–Crippen LogP) is 3.99. The van der Waals surface area contributed by atoms with Crippen molar-refractivity contribution in [3.8, 4) is 28.6 Å². The van der Waals surface area contributed by atoms with Crippen molar-refractivity contribution in [3.63, 3.8) is 0 Å². The number of ether oxygens (including phenoxy) is 2. The number of benzene rings is 2. The minimum absolute atomic E-state index is 0.00708. The van der Waals surface area contributed by atoms with Gasteiger partial charge >= 0.3 is 0 Å². The maximum Gasteiger partial charge on any atom is 0.216 e. The Kier molecular flexibility index (Phi) is 5.56. The normalized spacial score (nSPS) is 11.3. The molecule has 0 atom stereocenters. The van der Waals surface area contributed by atoms with Crippen LogP contribution in [0.5, 0.6) is 17.2 Å². The molecule has 0 aliphatic rings. The Morgan fingerprint density at radius 3 is 2.78 bits per heavy atom. The first-order valence-electron chi connectivity index (χ1n) is 8.34. The van der Waals surface area contributed by atoms with E-state index >= 15 is 0 Å². The van der Waals surface area contributed by atoms with E-state index in [9.17, 15) is 5.11 Å². The van der Waals surface area contributed by atoms with Gasteiger partial charge in [0.25, 0.3) is 0 Å². The first-order valence-corrected chi connectivity index (χ1v) is 8.75. The van der Waals surface area contributed by atoms with Gasteiger partial charge in [-0.05, 0) is 50.3 Å². The molecule has 2 N–H and O–H groups in total. The Morgan fingerprint density at radius 1 is 1.26 bits per heavy atom. The summed E-state index contributed by atoms with van der Waals surface area (Å²) in [6.45, 7) is 3.93. The molecule has 3 rings (SSSR count). The van der Waals surface area contributed by atoms with Crippen LogP contribution in [0.4, 0.5) is 0 Å². The van der Waals surface area contributed by atoms with E-state index in [0.29, 0.717) is 21.9 Å². The van der Waals surface area contributed by atoms with Gasteiger partial charge in [-0.1, -0.05) is 18.2 Å². The number of rotatable bonds is 6. The van der Waals surface area contributed by atoms with Crippen LogP contribution in [-0.2, 0) is 0 Å². The van der Waals surface area contributed by atoms with Crippen LogP contribution in [0.3, 0.4) is 0 Å². The van der Waals surface area contributed by atoms with Gasteiger partial charge in [0.05, 0.1) is 19.4 Å². The molecule has 3 aromatic rings. The molecule has 1 heterocycles. The number of H-pyrrole nitrogens is 1. The van der Waals surface area contributed by atoms with Gasteiger partial charge in [-0.2, -0.15) is 14.9 Å². The number of hydrogen-bond acceptors (Lipinski definition) is 6. The fourth-order valence-corrected chi connectivity index (χ4v) is 2.67. The summed E-state index contributed by atoms with van der Waals surface area (Å²) >= 11 is 5.29. The summed E-state index contributed by atoms with van der Waals surface area (Å²) in [5.74, 6) is 1.64. The van der Waals surface area contributed by atoms with Crippen LogP contribution in [-0.4, -0.2) is 39.4 Å². The molecular weight excluding hydrogens is 364 g/mol. The van der Waals surface area contributed by atoms with E-state index in [4.69, 9.17) is 21.7 Å². The summed E-state index contributed by atoms with van der Waals surface area (Å²) in [6, 6.07) is 12.7. The lowest BCUT2D eigenvalue weighted by Crippen LogP contribution is -2.05. The molecule has 1 aromatic heterocycles. The van der Waals surface area contributed by atoms with Crippen LogP contribution in [0.1, 0.15) is 19.4 Å². The van der Waals surface area contributed by atoms with Crippen molar-refractivity contribution in [2.45, 2.75) is 20.0 Å². The molecule has 2 aromatic carbocycles. The van der Waals surface area contributed by atoms with E-state index in [1.807, 2.05) is 38.1 Å². The number of aromatic nitrogens is 3. The smallest absolute Gasteiger partial charge is 0.216 e. The maximum absolute atomic E-state index is 10.2. The van der Waals surface area contributed by atoms with Gasteiger partial charge in [-0.25, -0.2) is 5.10 Å². The standard InChI is InChI=1S/C19H20N4O3S/c1-12(2)26-15-8-4-6-13(10-15)18-21-22-19(27)23(18)20-11-14-7-5-9-16(25-3)17(14)24/h4-12,24H,1-3H3,(H,22,27)/b20-11-. The number of phenolic OH excluding ortho intramolecular Hbond substituents is 1. The van der Waals surface area contributed by atoms with Crippen molar-refractivity contribution in [1.29, 1.82) is 0 Å². The van der Waals surface area contributed by atoms with Gasteiger partial charge in [0.1, 0.15) is 5.75 Å². The third-order valence-electron chi connectivity index (χ3n) is 3.68. The summed E-state index contributed by atoms with van der Waals surface area (Å²) < 4.78 is 12.7. The molecule has 0 unspecified atom stereocenters.